The summed E-state index contributed by atoms with van der Waals surface area (Å²) in [6.07, 6.45) is 3.59. The molecule has 0 saturated carbocycles. The third kappa shape index (κ3) is 6.21. The third-order valence-electron chi connectivity index (χ3n) is 7.49. The van der Waals surface area contributed by atoms with Gasteiger partial charge in [0.15, 0.2) is 11.5 Å². The van der Waals surface area contributed by atoms with Gasteiger partial charge < -0.3 is 26.0 Å². The highest BCUT2D eigenvalue weighted by molar-refractivity contribution is 6.04. The van der Waals surface area contributed by atoms with Gasteiger partial charge in [-0.25, -0.2) is 4.39 Å². The first kappa shape index (κ1) is 29.1. The summed E-state index contributed by atoms with van der Waals surface area (Å²) in [4.78, 5) is 26.1. The number of hydrogen-bond donors (Lipinski definition) is 4. The normalized spacial score (nSPS) is 15.0. The van der Waals surface area contributed by atoms with Crippen molar-refractivity contribution in [1.82, 2.24) is 29.9 Å². The summed E-state index contributed by atoms with van der Waals surface area (Å²) in [6.45, 7) is 10.6. The second kappa shape index (κ2) is 12.7. The lowest BCUT2D eigenvalue weighted by atomic mass is 9.99. The molecule has 0 bridgehead atoms. The summed E-state index contributed by atoms with van der Waals surface area (Å²) in [5, 5.41) is 19.0. The average molecular weight is 596 g/mol. The molecule has 4 N–H and O–H groups in total. The van der Waals surface area contributed by atoms with Crippen molar-refractivity contribution < 1.29 is 13.9 Å². The fourth-order valence-corrected chi connectivity index (χ4v) is 5.20. The number of ether oxygens (including phenoxy) is 1. The lowest BCUT2D eigenvalue weighted by Crippen LogP contribution is -2.42. The Morgan fingerprint density at radius 2 is 2.05 bits per heavy atom. The van der Waals surface area contributed by atoms with Crippen LogP contribution in [0.25, 0.3) is 27.7 Å². The highest BCUT2D eigenvalue weighted by Gasteiger charge is 2.18. The van der Waals surface area contributed by atoms with Gasteiger partial charge in [0.1, 0.15) is 0 Å². The van der Waals surface area contributed by atoms with Crippen LogP contribution < -0.4 is 21.3 Å². The Bertz CT molecular complexity index is 1830. The lowest BCUT2D eigenvalue weighted by Gasteiger charge is -2.23. The quantitative estimate of drug-likeness (QED) is 0.167. The molecule has 0 spiro atoms. The van der Waals surface area contributed by atoms with E-state index in [1.807, 2.05) is 42.6 Å². The molecule has 226 valence electrons. The smallest absolute Gasteiger partial charge is 0.283 e. The van der Waals surface area contributed by atoms with Gasteiger partial charge in [-0.3, -0.25) is 9.78 Å². The first-order chi connectivity index (χ1) is 21.4. The Labute approximate surface area is 254 Å². The number of rotatable bonds is 10. The number of hydrogen-bond acceptors (Lipinski definition) is 9. The molecule has 2 aromatic carbocycles. The monoisotopic (exact) mass is 595 g/mol. The molecule has 6 rings (SSSR count). The lowest BCUT2D eigenvalue weighted by molar-refractivity contribution is -0.114. The molecule has 0 aliphatic carbocycles. The number of nitrogens with one attached hydrogen (secondary N) is 4. The van der Waals surface area contributed by atoms with Crippen molar-refractivity contribution in [3.8, 4) is 11.3 Å². The maximum atomic E-state index is 13.2. The molecular formula is C32H34FN9O2. The topological polar surface area (TPSA) is 130 Å². The zero-order chi connectivity index (χ0) is 30.6. The number of nitrogens with zero attached hydrogens (tertiary/aromatic N) is 5. The number of aromatic nitrogens is 5. The molecule has 4 heterocycles. The molecule has 1 aliphatic heterocycles. The van der Waals surface area contributed by atoms with Crippen LogP contribution in [0.15, 0.2) is 73.3 Å². The minimum absolute atomic E-state index is 0.0324. The van der Waals surface area contributed by atoms with Crippen molar-refractivity contribution in [2.75, 3.05) is 42.2 Å². The van der Waals surface area contributed by atoms with Crippen molar-refractivity contribution in [2.45, 2.75) is 32.4 Å². The zero-order valence-corrected chi connectivity index (χ0v) is 24.6. The van der Waals surface area contributed by atoms with E-state index in [4.69, 9.17) is 19.7 Å². The van der Waals surface area contributed by atoms with E-state index in [0.717, 1.165) is 51.9 Å². The number of halogens is 1. The second-order valence-corrected chi connectivity index (χ2v) is 10.9. The highest BCUT2D eigenvalue weighted by atomic mass is 19.1. The van der Waals surface area contributed by atoms with Crippen LogP contribution in [0.1, 0.15) is 30.9 Å². The van der Waals surface area contributed by atoms with E-state index in [1.54, 1.807) is 22.8 Å². The Morgan fingerprint density at radius 3 is 2.84 bits per heavy atom. The summed E-state index contributed by atoms with van der Waals surface area (Å²) < 4.78 is 20.8. The maximum absolute atomic E-state index is 13.2. The van der Waals surface area contributed by atoms with Gasteiger partial charge in [-0.2, -0.15) is 19.6 Å². The Balaban J connectivity index is 1.29. The maximum Gasteiger partial charge on any atom is 0.283 e. The average Bonchev–Trinajstić information content (AvgIpc) is 3.47. The number of carbonyl (C=O) groups excluding carboxylic acids is 1. The van der Waals surface area contributed by atoms with E-state index in [-0.39, 0.29) is 12.0 Å². The number of amides is 1. The molecule has 1 atom stereocenters. The van der Waals surface area contributed by atoms with Gasteiger partial charge in [0.05, 0.1) is 24.6 Å². The number of anilines is 3. The van der Waals surface area contributed by atoms with Crippen molar-refractivity contribution >= 4 is 39.9 Å². The first-order valence-electron chi connectivity index (χ1n) is 14.6. The summed E-state index contributed by atoms with van der Waals surface area (Å²) in [7, 11) is 0. The Morgan fingerprint density at radius 1 is 1.18 bits per heavy atom. The molecule has 44 heavy (non-hydrogen) atoms. The predicted molar refractivity (Wildman–Crippen MR) is 169 cm³/mol. The number of fused-ring (bicyclic) bond motifs is 2. The number of carbonyl (C=O) groups is 1. The number of morpholine rings is 1. The van der Waals surface area contributed by atoms with Crippen LogP contribution in [0, 0.1) is 0 Å². The van der Waals surface area contributed by atoms with Crippen molar-refractivity contribution in [1.29, 1.82) is 0 Å². The molecule has 0 unspecified atom stereocenters. The van der Waals surface area contributed by atoms with Crippen LogP contribution in [0.2, 0.25) is 0 Å². The van der Waals surface area contributed by atoms with Crippen LogP contribution in [0.5, 0.6) is 0 Å². The molecule has 3 aromatic heterocycles. The minimum Gasteiger partial charge on any atom is -0.374 e. The summed E-state index contributed by atoms with van der Waals surface area (Å²) in [6, 6.07) is 15.2. The van der Waals surface area contributed by atoms with Gasteiger partial charge in [-0.15, -0.1) is 0 Å². The molecule has 1 fully saturated rings. The van der Waals surface area contributed by atoms with E-state index in [0.29, 0.717) is 37.3 Å². The van der Waals surface area contributed by atoms with Crippen molar-refractivity contribution in [3.05, 3.63) is 84.5 Å². The molecule has 11 nitrogen and oxygen atoms in total. The molecular weight excluding hydrogens is 561 g/mol. The van der Waals surface area contributed by atoms with Gasteiger partial charge >= 0.3 is 0 Å². The fraction of sp³-hybridized carbons (Fsp3) is 0.281. The van der Waals surface area contributed by atoms with E-state index in [2.05, 4.69) is 46.8 Å². The molecule has 0 radical (unpaired) electrons. The number of benzene rings is 2. The summed E-state index contributed by atoms with van der Waals surface area (Å²) in [5.74, 6) is -0.625. The van der Waals surface area contributed by atoms with Gasteiger partial charge in [-0.05, 0) is 35.1 Å². The number of pyridine rings is 1. The van der Waals surface area contributed by atoms with Gasteiger partial charge in [0.2, 0.25) is 11.9 Å². The third-order valence-corrected chi connectivity index (χ3v) is 7.49. The van der Waals surface area contributed by atoms with Crippen LogP contribution in [0.3, 0.4) is 0 Å². The van der Waals surface area contributed by atoms with E-state index in [9.17, 15) is 9.18 Å². The van der Waals surface area contributed by atoms with Gasteiger partial charge in [0.25, 0.3) is 5.91 Å². The summed E-state index contributed by atoms with van der Waals surface area (Å²) >= 11 is 0. The SMILES string of the molecule is C=C(F)C(=O)Nc1ccc2c(-c3ccccc3CNc3nc(NC[C@H]4CNCCO4)nc4c(C(C)C)cnn34)nccc2c1. The van der Waals surface area contributed by atoms with Gasteiger partial charge in [-0.1, -0.05) is 50.8 Å². The van der Waals surface area contributed by atoms with Crippen LogP contribution in [-0.4, -0.2) is 62.8 Å². The predicted octanol–water partition coefficient (Wildman–Crippen LogP) is 4.90. The molecule has 1 aliphatic rings. The largest absolute Gasteiger partial charge is 0.374 e. The second-order valence-electron chi connectivity index (χ2n) is 10.9. The fourth-order valence-electron chi connectivity index (χ4n) is 5.20. The Kier molecular flexibility index (Phi) is 8.44. The zero-order valence-electron chi connectivity index (χ0n) is 24.6. The summed E-state index contributed by atoms with van der Waals surface area (Å²) in [5.41, 5.74) is 4.96. The minimum atomic E-state index is -1.04. The van der Waals surface area contributed by atoms with Crippen molar-refractivity contribution in [3.63, 3.8) is 0 Å². The molecule has 1 amide bonds. The van der Waals surface area contributed by atoms with E-state index in [1.165, 1.54) is 0 Å². The van der Waals surface area contributed by atoms with E-state index >= 15 is 0 Å². The highest BCUT2D eigenvalue weighted by Crippen LogP contribution is 2.31. The van der Waals surface area contributed by atoms with Crippen LogP contribution in [0.4, 0.5) is 22.0 Å². The van der Waals surface area contributed by atoms with Crippen molar-refractivity contribution in [2.24, 2.45) is 0 Å². The van der Waals surface area contributed by atoms with Gasteiger partial charge in [0, 0.05) is 54.6 Å². The molecule has 12 heteroatoms. The van der Waals surface area contributed by atoms with Crippen LogP contribution >= 0.6 is 0 Å². The molecule has 1 saturated heterocycles. The van der Waals surface area contributed by atoms with E-state index < -0.39 is 11.7 Å². The standard InChI is InChI=1S/C32H34FN9O2/c1-19(2)27-18-38-42-29(27)40-31(36-17-24-16-34-12-13-44-24)41-32(42)37-15-22-6-4-5-7-25(22)28-26-9-8-23(39-30(43)20(3)33)14-21(26)10-11-35-28/h4-11,14,18-19,24,34H,3,12-13,15-17H2,1-2H3,(H,39,43)(H2,36,37,40,41)/t24-/m1/s1. The van der Waals surface area contributed by atoms with Crippen LogP contribution in [-0.2, 0) is 16.1 Å². The Hall–Kier alpha value is -4.94. The first-order valence-corrected chi connectivity index (χ1v) is 14.6. The molecule has 5 aromatic rings.